The van der Waals surface area contributed by atoms with Crippen LogP contribution in [-0.2, 0) is 17.1 Å². The lowest BCUT2D eigenvalue weighted by molar-refractivity contribution is -0.136. The van der Waals surface area contributed by atoms with Crippen LogP contribution < -0.4 is 4.74 Å². The fraction of sp³-hybridized carbons (Fsp3) is 0.364. The summed E-state index contributed by atoms with van der Waals surface area (Å²) in [5.41, 5.74) is 1.42. The second kappa shape index (κ2) is 5.82. The molecule has 0 unspecified atom stereocenters. The third-order valence-electron chi connectivity index (χ3n) is 2.19. The molecule has 0 atom stereocenters. The van der Waals surface area contributed by atoms with Gasteiger partial charge in [-0.25, -0.2) is 0 Å². The molecule has 0 heterocycles. The molecule has 0 spiro atoms. The van der Waals surface area contributed by atoms with Crippen molar-refractivity contribution in [3.63, 3.8) is 0 Å². The fourth-order valence-electron chi connectivity index (χ4n) is 1.51. The molecular weight excluding hydrogens is 254 g/mol. The molecule has 3 nitrogen and oxygen atoms in total. The number of aryl methyl sites for hydroxylation is 1. The number of hydrogen-bond acceptors (Lipinski definition) is 2. The first-order chi connectivity index (χ1) is 7.93. The number of carbonyl (C=O) groups is 1. The van der Waals surface area contributed by atoms with Crippen molar-refractivity contribution in [3.8, 4) is 5.75 Å². The van der Waals surface area contributed by atoms with Crippen LogP contribution in [0.25, 0.3) is 0 Å². The van der Waals surface area contributed by atoms with Gasteiger partial charge in [0.2, 0.25) is 0 Å². The van der Waals surface area contributed by atoms with Crippen molar-refractivity contribution < 1.29 is 23.4 Å². The van der Waals surface area contributed by atoms with E-state index in [0.29, 0.717) is 11.1 Å². The second-order valence-corrected chi connectivity index (χ2v) is 3.74. The van der Waals surface area contributed by atoms with Gasteiger partial charge in [-0.1, -0.05) is 6.07 Å². The number of alkyl halides is 3. The van der Waals surface area contributed by atoms with Crippen LogP contribution in [0.3, 0.4) is 0 Å². The van der Waals surface area contributed by atoms with Crippen molar-refractivity contribution in [2.24, 2.45) is 0 Å². The van der Waals surface area contributed by atoms with Gasteiger partial charge in [-0.05, 0) is 24.1 Å². The van der Waals surface area contributed by atoms with E-state index in [0.717, 1.165) is 0 Å². The van der Waals surface area contributed by atoms with E-state index < -0.39 is 12.6 Å². The van der Waals surface area contributed by atoms with Crippen LogP contribution in [0.15, 0.2) is 12.1 Å². The molecule has 0 aliphatic heterocycles. The van der Waals surface area contributed by atoms with E-state index in [2.05, 4.69) is 4.74 Å². The lowest BCUT2D eigenvalue weighted by Crippen LogP contribution is -2.09. The van der Waals surface area contributed by atoms with Gasteiger partial charge < -0.3 is 9.84 Å². The first-order valence-electron chi connectivity index (χ1n) is 4.79. The second-order valence-electron chi connectivity index (χ2n) is 3.47. The van der Waals surface area contributed by atoms with E-state index in [4.69, 9.17) is 16.7 Å². The van der Waals surface area contributed by atoms with Crippen molar-refractivity contribution in [2.45, 2.75) is 25.8 Å². The van der Waals surface area contributed by atoms with Crippen LogP contribution in [0.5, 0.6) is 5.75 Å². The molecule has 1 rings (SSSR count). The smallest absolute Gasteiger partial charge is 0.387 e. The minimum Gasteiger partial charge on any atom is -0.481 e. The summed E-state index contributed by atoms with van der Waals surface area (Å²) >= 11 is 5.61. The first-order valence-corrected chi connectivity index (χ1v) is 5.32. The molecule has 1 aromatic rings. The average molecular weight is 265 g/mol. The Hall–Kier alpha value is -1.36. The predicted molar refractivity (Wildman–Crippen MR) is 58.7 cm³/mol. The highest BCUT2D eigenvalue weighted by molar-refractivity contribution is 6.17. The summed E-state index contributed by atoms with van der Waals surface area (Å²) in [5.74, 6) is -1.09. The van der Waals surface area contributed by atoms with Crippen LogP contribution in [0.4, 0.5) is 8.78 Å². The molecule has 0 aromatic heterocycles. The maximum absolute atomic E-state index is 12.2. The zero-order valence-corrected chi connectivity index (χ0v) is 9.80. The highest BCUT2D eigenvalue weighted by atomic mass is 35.5. The Bertz CT molecular complexity index is 421. The molecule has 0 aliphatic carbocycles. The van der Waals surface area contributed by atoms with Gasteiger partial charge in [-0.15, -0.1) is 11.6 Å². The van der Waals surface area contributed by atoms with Crippen LogP contribution in [0.2, 0.25) is 0 Å². The number of hydrogen-bond donors (Lipinski definition) is 1. The van der Waals surface area contributed by atoms with Gasteiger partial charge in [0.15, 0.2) is 0 Å². The van der Waals surface area contributed by atoms with E-state index in [1.807, 2.05) is 0 Å². The van der Waals surface area contributed by atoms with E-state index in [-0.39, 0.29) is 23.6 Å². The van der Waals surface area contributed by atoms with Gasteiger partial charge in [0.1, 0.15) is 5.75 Å². The van der Waals surface area contributed by atoms with E-state index in [9.17, 15) is 13.6 Å². The number of benzene rings is 1. The Balaban J connectivity index is 3.18. The third kappa shape index (κ3) is 3.85. The summed E-state index contributed by atoms with van der Waals surface area (Å²) in [6.45, 7) is -1.36. The van der Waals surface area contributed by atoms with E-state index in [1.165, 1.54) is 6.07 Å². The Morgan fingerprint density at radius 2 is 2.18 bits per heavy atom. The van der Waals surface area contributed by atoms with Gasteiger partial charge in [0, 0.05) is 11.4 Å². The van der Waals surface area contributed by atoms with Gasteiger partial charge in [0.05, 0.1) is 6.42 Å². The summed E-state index contributed by atoms with van der Waals surface area (Å²) in [4.78, 5) is 10.6. The van der Waals surface area contributed by atoms with Crippen molar-refractivity contribution in [2.75, 3.05) is 0 Å². The number of halogens is 3. The number of rotatable bonds is 5. The summed E-state index contributed by atoms with van der Waals surface area (Å²) < 4.78 is 28.7. The molecule has 0 radical (unpaired) electrons. The van der Waals surface area contributed by atoms with Crippen molar-refractivity contribution >= 4 is 17.6 Å². The lowest BCUT2D eigenvalue weighted by Gasteiger charge is -2.13. The largest absolute Gasteiger partial charge is 0.481 e. The Labute approximate surface area is 102 Å². The van der Waals surface area contributed by atoms with E-state index >= 15 is 0 Å². The summed E-state index contributed by atoms with van der Waals surface area (Å²) in [6.07, 6.45) is -0.365. The topological polar surface area (TPSA) is 46.5 Å². The Morgan fingerprint density at radius 3 is 2.65 bits per heavy atom. The number of aliphatic carboxylic acids is 1. The molecule has 94 valence electrons. The molecule has 1 aromatic carbocycles. The number of ether oxygens (including phenoxy) is 1. The highest BCUT2D eigenvalue weighted by Gasteiger charge is 2.15. The summed E-state index contributed by atoms with van der Waals surface area (Å²) in [6, 6.07) is 2.99. The van der Waals surface area contributed by atoms with Gasteiger partial charge in [-0.3, -0.25) is 4.79 Å². The van der Waals surface area contributed by atoms with Gasteiger partial charge in [0.25, 0.3) is 0 Å². The normalized spacial score (nSPS) is 10.6. The predicted octanol–water partition coefficient (Wildman–Crippen LogP) is 2.96. The van der Waals surface area contributed by atoms with Crippen molar-refractivity contribution in [1.29, 1.82) is 0 Å². The number of carboxylic acid groups (broad SMARTS) is 1. The summed E-state index contributed by atoms with van der Waals surface area (Å²) in [7, 11) is 0. The quantitative estimate of drug-likeness (QED) is 0.832. The molecule has 0 saturated heterocycles. The fourth-order valence-corrected chi connectivity index (χ4v) is 1.67. The molecule has 0 aliphatic rings. The molecule has 0 amide bonds. The Morgan fingerprint density at radius 1 is 1.53 bits per heavy atom. The SMILES string of the molecule is Cc1cc(CCl)cc(OC(F)F)c1CC(=O)O. The maximum atomic E-state index is 12.2. The lowest BCUT2D eigenvalue weighted by atomic mass is 10.0. The minimum absolute atomic E-state index is 0.127. The van der Waals surface area contributed by atoms with Crippen LogP contribution in [-0.4, -0.2) is 17.7 Å². The molecule has 6 heteroatoms. The minimum atomic E-state index is -2.99. The van der Waals surface area contributed by atoms with Crippen molar-refractivity contribution in [3.05, 3.63) is 28.8 Å². The van der Waals surface area contributed by atoms with E-state index in [1.54, 1.807) is 13.0 Å². The Kier molecular flexibility index (Phi) is 4.69. The molecule has 0 bridgehead atoms. The zero-order chi connectivity index (χ0) is 13.0. The van der Waals surface area contributed by atoms with Crippen LogP contribution in [0.1, 0.15) is 16.7 Å². The maximum Gasteiger partial charge on any atom is 0.387 e. The molecule has 0 fully saturated rings. The monoisotopic (exact) mass is 264 g/mol. The highest BCUT2D eigenvalue weighted by Crippen LogP contribution is 2.27. The average Bonchev–Trinajstić information content (AvgIpc) is 2.21. The first kappa shape index (κ1) is 13.7. The zero-order valence-electron chi connectivity index (χ0n) is 9.04. The van der Waals surface area contributed by atoms with Crippen LogP contribution in [0, 0.1) is 6.92 Å². The molecular formula is C11H11ClF2O3. The standard InChI is InChI=1S/C11H11ClF2O3/c1-6-2-7(5-12)3-9(17-11(13)14)8(6)4-10(15)16/h2-3,11H,4-5H2,1H3,(H,15,16). The van der Waals surface area contributed by atoms with Crippen LogP contribution >= 0.6 is 11.6 Å². The molecule has 1 N–H and O–H groups in total. The van der Waals surface area contributed by atoms with Gasteiger partial charge in [-0.2, -0.15) is 8.78 Å². The molecule has 17 heavy (non-hydrogen) atoms. The summed E-state index contributed by atoms with van der Waals surface area (Å²) in [5, 5.41) is 8.71. The van der Waals surface area contributed by atoms with Gasteiger partial charge >= 0.3 is 12.6 Å². The number of carboxylic acids is 1. The third-order valence-corrected chi connectivity index (χ3v) is 2.50. The molecule has 0 saturated carbocycles. The van der Waals surface area contributed by atoms with Crippen molar-refractivity contribution in [1.82, 2.24) is 0 Å².